The minimum Gasteiger partial charge on any atom is -0.373 e. The summed E-state index contributed by atoms with van der Waals surface area (Å²) in [6.07, 6.45) is 3.44. The van der Waals surface area contributed by atoms with Gasteiger partial charge in [-0.2, -0.15) is 0 Å². The van der Waals surface area contributed by atoms with E-state index in [1.165, 1.54) is 0 Å². The van der Waals surface area contributed by atoms with Gasteiger partial charge >= 0.3 is 0 Å². The molecular weight excluding hydrogens is 218 g/mol. The predicted octanol–water partition coefficient (Wildman–Crippen LogP) is -0.106. The van der Waals surface area contributed by atoms with E-state index in [0.717, 1.165) is 13.1 Å². The van der Waals surface area contributed by atoms with Crippen molar-refractivity contribution < 1.29 is 9.53 Å². The number of hydrogen-bond acceptors (Lipinski definition) is 4. The van der Waals surface area contributed by atoms with Gasteiger partial charge in [-0.05, 0) is 12.1 Å². The Morgan fingerprint density at radius 2 is 2.47 bits per heavy atom. The summed E-state index contributed by atoms with van der Waals surface area (Å²) in [6.45, 7) is 2.93. The fourth-order valence-corrected chi connectivity index (χ4v) is 2.50. The molecule has 1 N–H and O–H groups in total. The van der Waals surface area contributed by atoms with Crippen molar-refractivity contribution in [1.82, 2.24) is 15.2 Å². The van der Waals surface area contributed by atoms with Crippen LogP contribution in [0.1, 0.15) is 10.4 Å². The molecule has 2 atom stereocenters. The van der Waals surface area contributed by atoms with E-state index in [-0.39, 0.29) is 18.1 Å². The molecule has 0 unspecified atom stereocenters. The molecule has 2 aliphatic heterocycles. The molecule has 90 valence electrons. The van der Waals surface area contributed by atoms with Crippen molar-refractivity contribution in [3.63, 3.8) is 0 Å². The second-order valence-corrected chi connectivity index (χ2v) is 4.38. The lowest BCUT2D eigenvalue weighted by Crippen LogP contribution is -2.53. The third-order valence-electron chi connectivity index (χ3n) is 3.36. The molecule has 0 bridgehead atoms. The molecule has 1 aromatic rings. The molecule has 0 aromatic carbocycles. The highest BCUT2D eigenvalue weighted by Crippen LogP contribution is 2.19. The van der Waals surface area contributed by atoms with E-state index in [2.05, 4.69) is 10.3 Å². The number of fused-ring (bicyclic) bond motifs is 1. The van der Waals surface area contributed by atoms with Crippen molar-refractivity contribution in [2.24, 2.45) is 0 Å². The number of amides is 1. The van der Waals surface area contributed by atoms with Crippen molar-refractivity contribution in [1.29, 1.82) is 0 Å². The number of rotatable bonds is 1. The third kappa shape index (κ3) is 1.92. The van der Waals surface area contributed by atoms with Crippen LogP contribution in [0.5, 0.6) is 0 Å². The summed E-state index contributed by atoms with van der Waals surface area (Å²) in [5.41, 5.74) is 0.653. The van der Waals surface area contributed by atoms with Crippen LogP contribution in [0.4, 0.5) is 0 Å². The summed E-state index contributed by atoms with van der Waals surface area (Å²) in [5.74, 6) is 0.0556. The van der Waals surface area contributed by atoms with E-state index in [4.69, 9.17) is 4.74 Å². The van der Waals surface area contributed by atoms with Crippen LogP contribution < -0.4 is 5.32 Å². The van der Waals surface area contributed by atoms with Crippen LogP contribution in [0, 0.1) is 0 Å². The van der Waals surface area contributed by atoms with Crippen molar-refractivity contribution in [2.45, 2.75) is 12.1 Å². The third-order valence-corrected chi connectivity index (χ3v) is 3.36. The summed E-state index contributed by atoms with van der Waals surface area (Å²) >= 11 is 0. The molecule has 0 aliphatic carbocycles. The van der Waals surface area contributed by atoms with Gasteiger partial charge in [-0.1, -0.05) is 0 Å². The number of carbonyl (C=O) groups excluding carboxylic acids is 1. The molecular formula is C12H15N3O2. The first kappa shape index (κ1) is 10.7. The van der Waals surface area contributed by atoms with Gasteiger partial charge in [0, 0.05) is 32.0 Å². The van der Waals surface area contributed by atoms with Gasteiger partial charge in [0.15, 0.2) is 0 Å². The maximum atomic E-state index is 12.3. The molecule has 3 heterocycles. The van der Waals surface area contributed by atoms with Gasteiger partial charge in [0.1, 0.15) is 0 Å². The zero-order chi connectivity index (χ0) is 11.7. The quantitative estimate of drug-likeness (QED) is 0.735. The molecule has 1 aromatic heterocycles. The molecule has 0 saturated carbocycles. The number of morpholine rings is 1. The van der Waals surface area contributed by atoms with Gasteiger partial charge in [-0.15, -0.1) is 0 Å². The van der Waals surface area contributed by atoms with Crippen molar-refractivity contribution in [3.05, 3.63) is 30.1 Å². The van der Waals surface area contributed by atoms with Crippen LogP contribution in [-0.4, -0.2) is 54.2 Å². The molecule has 3 rings (SSSR count). The Balaban J connectivity index is 1.81. The molecule has 5 nitrogen and oxygen atoms in total. The zero-order valence-electron chi connectivity index (χ0n) is 9.50. The zero-order valence-corrected chi connectivity index (χ0v) is 9.50. The average molecular weight is 233 g/mol. The van der Waals surface area contributed by atoms with E-state index in [1.54, 1.807) is 18.5 Å². The molecule has 0 radical (unpaired) electrons. The summed E-state index contributed by atoms with van der Waals surface area (Å²) in [5, 5.41) is 3.27. The number of nitrogens with zero attached hydrogens (tertiary/aromatic N) is 2. The standard InChI is InChI=1S/C12H15N3O2/c16-12(9-2-1-3-13-6-9)15-4-5-17-11-8-14-7-10(11)15/h1-3,6,10-11,14H,4-5,7-8H2/t10-,11+/m0/s1. The molecule has 17 heavy (non-hydrogen) atoms. The van der Waals surface area contributed by atoms with E-state index in [9.17, 15) is 4.79 Å². The SMILES string of the molecule is O=C(c1cccnc1)N1CCO[C@@H]2CNC[C@@H]21. The highest BCUT2D eigenvalue weighted by molar-refractivity contribution is 5.94. The fourth-order valence-electron chi connectivity index (χ4n) is 2.50. The number of pyridine rings is 1. The normalized spacial score (nSPS) is 27.9. The first-order valence-corrected chi connectivity index (χ1v) is 5.89. The summed E-state index contributed by atoms with van der Waals surface area (Å²) < 4.78 is 5.65. The minimum absolute atomic E-state index is 0.0556. The number of nitrogens with one attached hydrogen (secondary N) is 1. The van der Waals surface area contributed by atoms with Crippen molar-refractivity contribution in [2.75, 3.05) is 26.2 Å². The Morgan fingerprint density at radius 3 is 3.29 bits per heavy atom. The van der Waals surface area contributed by atoms with Crippen molar-refractivity contribution >= 4 is 5.91 Å². The molecule has 5 heteroatoms. The highest BCUT2D eigenvalue weighted by atomic mass is 16.5. The average Bonchev–Trinajstić information content (AvgIpc) is 2.87. The maximum Gasteiger partial charge on any atom is 0.255 e. The van der Waals surface area contributed by atoms with E-state index in [0.29, 0.717) is 18.7 Å². The lowest BCUT2D eigenvalue weighted by Gasteiger charge is -2.36. The molecule has 2 saturated heterocycles. The molecule has 2 fully saturated rings. The Labute approximate surface area is 99.8 Å². The Bertz CT molecular complexity index is 409. The van der Waals surface area contributed by atoms with Gasteiger partial charge < -0.3 is 15.0 Å². The second kappa shape index (κ2) is 4.43. The van der Waals surface area contributed by atoms with E-state index < -0.39 is 0 Å². The van der Waals surface area contributed by atoms with Crippen LogP contribution in [0.25, 0.3) is 0 Å². The minimum atomic E-state index is 0.0556. The van der Waals surface area contributed by atoms with Gasteiger partial charge in [0.2, 0.25) is 0 Å². The van der Waals surface area contributed by atoms with Gasteiger partial charge in [-0.25, -0.2) is 0 Å². The summed E-state index contributed by atoms with van der Waals surface area (Å²) in [6, 6.07) is 3.76. The van der Waals surface area contributed by atoms with Gasteiger partial charge in [-0.3, -0.25) is 9.78 Å². The molecule has 1 amide bonds. The van der Waals surface area contributed by atoms with Crippen LogP contribution >= 0.6 is 0 Å². The highest BCUT2D eigenvalue weighted by Gasteiger charge is 2.38. The fraction of sp³-hybridized carbons (Fsp3) is 0.500. The van der Waals surface area contributed by atoms with Crippen LogP contribution in [0.2, 0.25) is 0 Å². The number of carbonyl (C=O) groups is 1. The number of hydrogen-bond donors (Lipinski definition) is 1. The van der Waals surface area contributed by atoms with Gasteiger partial charge in [0.25, 0.3) is 5.91 Å². The van der Waals surface area contributed by atoms with E-state index >= 15 is 0 Å². The molecule has 0 spiro atoms. The van der Waals surface area contributed by atoms with Crippen LogP contribution in [0.3, 0.4) is 0 Å². The maximum absolute atomic E-state index is 12.3. The largest absolute Gasteiger partial charge is 0.373 e. The topological polar surface area (TPSA) is 54.5 Å². The van der Waals surface area contributed by atoms with Crippen LogP contribution in [0.15, 0.2) is 24.5 Å². The van der Waals surface area contributed by atoms with Crippen molar-refractivity contribution in [3.8, 4) is 0 Å². The number of ether oxygens (including phenoxy) is 1. The van der Waals surface area contributed by atoms with Gasteiger partial charge in [0.05, 0.1) is 24.3 Å². The summed E-state index contributed by atoms with van der Waals surface area (Å²) in [7, 11) is 0. The lowest BCUT2D eigenvalue weighted by atomic mass is 10.1. The Morgan fingerprint density at radius 1 is 1.53 bits per heavy atom. The smallest absolute Gasteiger partial charge is 0.255 e. The summed E-state index contributed by atoms with van der Waals surface area (Å²) in [4.78, 5) is 18.2. The predicted molar refractivity (Wildman–Crippen MR) is 61.7 cm³/mol. The number of aromatic nitrogens is 1. The monoisotopic (exact) mass is 233 g/mol. The van der Waals surface area contributed by atoms with E-state index in [1.807, 2.05) is 11.0 Å². The first-order valence-electron chi connectivity index (χ1n) is 5.89. The lowest BCUT2D eigenvalue weighted by molar-refractivity contribution is -0.0364. The Kier molecular flexibility index (Phi) is 2.78. The second-order valence-electron chi connectivity index (χ2n) is 4.38. The molecule has 2 aliphatic rings. The first-order chi connectivity index (χ1) is 8.36. The van der Waals surface area contributed by atoms with Crippen LogP contribution in [-0.2, 0) is 4.74 Å². The Hall–Kier alpha value is -1.46.